The number of Topliss-reactive ketones (excluding diaryl/α,β-unsaturated/α-hetero) is 1. The monoisotopic (exact) mass is 468 g/mol. The fourth-order valence-corrected chi connectivity index (χ4v) is 9.49. The van der Waals surface area contributed by atoms with Crippen molar-refractivity contribution in [2.75, 3.05) is 7.11 Å². The number of carbonyl (C=O) groups is 2. The largest absolute Gasteiger partial charge is 0.469 e. The van der Waals surface area contributed by atoms with Crippen LogP contribution in [0.15, 0.2) is 0 Å². The van der Waals surface area contributed by atoms with Crippen LogP contribution in [0.4, 0.5) is 8.78 Å². The van der Waals surface area contributed by atoms with Crippen LogP contribution in [-0.2, 0) is 14.3 Å². The molecule has 1 N–H and O–H groups in total. The van der Waals surface area contributed by atoms with Crippen LogP contribution in [0, 0.1) is 52.3 Å². The zero-order valence-electron chi connectivity index (χ0n) is 20.9. The van der Waals surface area contributed by atoms with Crippen molar-refractivity contribution >= 4 is 11.8 Å². The van der Waals surface area contributed by atoms with Crippen LogP contribution in [0.1, 0.15) is 85.5 Å². The molecule has 6 heteroatoms. The Labute approximate surface area is 197 Å². The van der Waals surface area contributed by atoms with Gasteiger partial charge >= 0.3 is 11.9 Å². The van der Waals surface area contributed by atoms with Crippen molar-refractivity contribution in [1.29, 1.82) is 0 Å². The number of aliphatic hydroxyl groups excluding tert-OH is 1. The molecule has 33 heavy (non-hydrogen) atoms. The summed E-state index contributed by atoms with van der Waals surface area (Å²) in [6, 6.07) is 0. The van der Waals surface area contributed by atoms with Crippen molar-refractivity contribution in [1.82, 2.24) is 0 Å². The second-order valence-electron chi connectivity index (χ2n) is 12.2. The third kappa shape index (κ3) is 3.60. The van der Waals surface area contributed by atoms with Crippen molar-refractivity contribution in [3.63, 3.8) is 0 Å². The summed E-state index contributed by atoms with van der Waals surface area (Å²) in [4.78, 5) is 24.0. The molecule has 0 spiro atoms. The Kier molecular flexibility index (Phi) is 6.51. The van der Waals surface area contributed by atoms with Gasteiger partial charge in [-0.1, -0.05) is 34.1 Å². The molecule has 0 amide bonds. The van der Waals surface area contributed by atoms with E-state index in [1.54, 1.807) is 0 Å². The number of methoxy groups -OCH3 is 1. The highest BCUT2D eigenvalue weighted by Crippen LogP contribution is 2.70. The SMILES string of the molecule is CC[C@H]1C(O)C2C3CCC([C@H](C)CCC(=O)OC)[C@@]3(C)CCC2[C@@]2(C)CCC(=O)C(F)(F)[C@@H]12. The number of rotatable bonds is 5. The summed E-state index contributed by atoms with van der Waals surface area (Å²) in [5.74, 6) is -4.89. The number of ether oxygens (including phenoxy) is 1. The number of hydrogen-bond donors (Lipinski definition) is 1. The average molecular weight is 469 g/mol. The Balaban J connectivity index is 1.64. The van der Waals surface area contributed by atoms with Gasteiger partial charge in [0, 0.05) is 18.8 Å². The molecule has 4 rings (SSSR count). The number of esters is 1. The van der Waals surface area contributed by atoms with Crippen molar-refractivity contribution in [2.24, 2.45) is 52.3 Å². The maximum atomic E-state index is 15.3. The highest BCUT2D eigenvalue weighted by atomic mass is 19.3. The van der Waals surface area contributed by atoms with Gasteiger partial charge in [-0.15, -0.1) is 0 Å². The standard InChI is InChI=1S/C27H42F2O4/c1-6-16-23(32)22-18-9-8-17(15(2)7-10-21(31)33-5)25(18,3)13-11-19(22)26(4)14-12-20(30)27(28,29)24(16)26/h15-19,22-24,32H,6-14H2,1-5H3/t15-,16+,17?,18?,19?,22?,23?,24+,25-,26-/m1/s1. The summed E-state index contributed by atoms with van der Waals surface area (Å²) in [6.07, 6.45) is 5.23. The Morgan fingerprint density at radius 3 is 2.45 bits per heavy atom. The summed E-state index contributed by atoms with van der Waals surface area (Å²) >= 11 is 0. The van der Waals surface area contributed by atoms with Gasteiger partial charge in [0.2, 0.25) is 5.78 Å². The molecule has 4 fully saturated rings. The normalized spacial score (nSPS) is 47.3. The molecule has 4 aliphatic carbocycles. The summed E-state index contributed by atoms with van der Waals surface area (Å²) in [7, 11) is 1.42. The minimum atomic E-state index is -3.35. The van der Waals surface area contributed by atoms with E-state index in [2.05, 4.69) is 13.8 Å². The van der Waals surface area contributed by atoms with E-state index in [1.165, 1.54) is 7.11 Å². The second-order valence-corrected chi connectivity index (χ2v) is 12.2. The van der Waals surface area contributed by atoms with Gasteiger partial charge in [-0.2, -0.15) is 8.78 Å². The number of aliphatic hydroxyl groups is 1. The Morgan fingerprint density at radius 1 is 1.15 bits per heavy atom. The molecule has 0 heterocycles. The van der Waals surface area contributed by atoms with Gasteiger partial charge in [0.15, 0.2) is 0 Å². The van der Waals surface area contributed by atoms with E-state index < -0.39 is 35.1 Å². The highest BCUT2D eigenvalue weighted by Gasteiger charge is 2.71. The average Bonchev–Trinajstić information content (AvgIpc) is 3.13. The quantitative estimate of drug-likeness (QED) is 0.529. The Hall–Kier alpha value is -1.04. The van der Waals surface area contributed by atoms with E-state index in [0.29, 0.717) is 37.0 Å². The summed E-state index contributed by atoms with van der Waals surface area (Å²) in [5, 5.41) is 11.6. The summed E-state index contributed by atoms with van der Waals surface area (Å²) in [6.45, 7) is 8.46. The molecule has 0 aromatic rings. The first-order valence-electron chi connectivity index (χ1n) is 13.1. The van der Waals surface area contributed by atoms with Crippen LogP contribution in [-0.4, -0.2) is 36.0 Å². The molecule has 0 saturated heterocycles. The predicted octanol–water partition coefficient (Wildman–Crippen LogP) is 5.66. The molecular weight excluding hydrogens is 426 g/mol. The van der Waals surface area contributed by atoms with Crippen molar-refractivity contribution in [2.45, 2.75) is 97.5 Å². The first kappa shape index (κ1) is 25.1. The van der Waals surface area contributed by atoms with Gasteiger partial charge in [-0.05, 0) is 84.9 Å². The molecule has 4 saturated carbocycles. The third-order valence-corrected chi connectivity index (χ3v) is 11.1. The van der Waals surface area contributed by atoms with Crippen molar-refractivity contribution in [3.05, 3.63) is 0 Å². The highest BCUT2D eigenvalue weighted by molar-refractivity contribution is 5.87. The van der Waals surface area contributed by atoms with Crippen molar-refractivity contribution in [3.8, 4) is 0 Å². The fraction of sp³-hybridized carbons (Fsp3) is 0.926. The molecule has 0 aliphatic heterocycles. The van der Waals surface area contributed by atoms with Crippen LogP contribution < -0.4 is 0 Å². The first-order chi connectivity index (χ1) is 15.4. The molecule has 0 aromatic carbocycles. The molecule has 5 unspecified atom stereocenters. The minimum Gasteiger partial charge on any atom is -0.469 e. The minimum absolute atomic E-state index is 0.0109. The lowest BCUT2D eigenvalue weighted by Gasteiger charge is -2.65. The fourth-order valence-electron chi connectivity index (χ4n) is 9.49. The van der Waals surface area contributed by atoms with Gasteiger partial charge < -0.3 is 9.84 Å². The lowest BCUT2D eigenvalue weighted by molar-refractivity contribution is -0.248. The van der Waals surface area contributed by atoms with E-state index in [4.69, 9.17) is 4.74 Å². The van der Waals surface area contributed by atoms with E-state index in [9.17, 15) is 14.7 Å². The number of fused-ring (bicyclic) bond motifs is 5. The second kappa shape index (κ2) is 8.57. The number of hydrogen-bond acceptors (Lipinski definition) is 4. The van der Waals surface area contributed by atoms with Crippen LogP contribution in [0.25, 0.3) is 0 Å². The first-order valence-corrected chi connectivity index (χ1v) is 13.1. The predicted molar refractivity (Wildman–Crippen MR) is 122 cm³/mol. The molecule has 0 bridgehead atoms. The van der Waals surface area contributed by atoms with Gasteiger partial charge in [-0.3, -0.25) is 9.59 Å². The maximum absolute atomic E-state index is 15.3. The number of ketones is 1. The van der Waals surface area contributed by atoms with Gasteiger partial charge in [0.25, 0.3) is 0 Å². The number of carbonyl (C=O) groups excluding carboxylic acids is 2. The molecule has 10 atom stereocenters. The lowest BCUT2D eigenvalue weighted by Crippen LogP contribution is -2.67. The van der Waals surface area contributed by atoms with Crippen molar-refractivity contribution < 1.29 is 28.2 Å². The van der Waals surface area contributed by atoms with Crippen LogP contribution in [0.3, 0.4) is 0 Å². The van der Waals surface area contributed by atoms with Crippen LogP contribution >= 0.6 is 0 Å². The number of alkyl halides is 2. The molecule has 188 valence electrons. The van der Waals surface area contributed by atoms with E-state index in [0.717, 1.165) is 32.1 Å². The van der Waals surface area contributed by atoms with Crippen LogP contribution in [0.5, 0.6) is 0 Å². The molecule has 4 aliphatic rings. The molecule has 0 radical (unpaired) electrons. The number of halogens is 2. The topological polar surface area (TPSA) is 63.6 Å². The zero-order valence-corrected chi connectivity index (χ0v) is 20.9. The van der Waals surface area contributed by atoms with Gasteiger partial charge in [-0.25, -0.2) is 0 Å². The van der Waals surface area contributed by atoms with Crippen LogP contribution in [0.2, 0.25) is 0 Å². The Morgan fingerprint density at radius 2 is 1.82 bits per heavy atom. The lowest BCUT2D eigenvalue weighted by atomic mass is 9.41. The molecule has 0 aromatic heterocycles. The van der Waals surface area contributed by atoms with Gasteiger partial charge in [0.05, 0.1) is 13.2 Å². The van der Waals surface area contributed by atoms with Gasteiger partial charge in [0.1, 0.15) is 0 Å². The third-order valence-electron chi connectivity index (χ3n) is 11.1. The maximum Gasteiger partial charge on any atom is 0.308 e. The van der Waals surface area contributed by atoms with E-state index >= 15 is 8.78 Å². The van der Waals surface area contributed by atoms with E-state index in [-0.39, 0.29) is 29.6 Å². The summed E-state index contributed by atoms with van der Waals surface area (Å²) < 4.78 is 35.5. The van der Waals surface area contributed by atoms with E-state index in [1.807, 2.05) is 13.8 Å². The molecular formula is C27H42F2O4. The smallest absolute Gasteiger partial charge is 0.308 e. The summed E-state index contributed by atoms with van der Waals surface area (Å²) in [5.41, 5.74) is -0.565. The zero-order chi connectivity index (χ0) is 24.3. The Bertz CT molecular complexity index is 784. The molecule has 4 nitrogen and oxygen atoms in total.